The number of anilines is 1. The molecule has 0 aliphatic heterocycles. The summed E-state index contributed by atoms with van der Waals surface area (Å²) in [6.07, 6.45) is 0. The van der Waals surface area contributed by atoms with Gasteiger partial charge >= 0.3 is 5.97 Å². The van der Waals surface area contributed by atoms with E-state index in [4.69, 9.17) is 4.74 Å². The van der Waals surface area contributed by atoms with Crippen LogP contribution in [0.5, 0.6) is 0 Å². The van der Waals surface area contributed by atoms with Crippen LogP contribution in [0.1, 0.15) is 31.1 Å². The summed E-state index contributed by atoms with van der Waals surface area (Å²) in [5, 5.41) is 2.64. The normalized spacial score (nSPS) is 10.9. The molecule has 1 N–H and O–H groups in total. The Labute approximate surface area is 112 Å². The summed E-state index contributed by atoms with van der Waals surface area (Å²) in [6.45, 7) is 5.44. The van der Waals surface area contributed by atoms with Crippen molar-refractivity contribution < 1.29 is 14.3 Å². The lowest BCUT2D eigenvalue weighted by Gasteiger charge is -2.19. The molecule has 0 bridgehead atoms. The number of amides is 1. The first kappa shape index (κ1) is 14.6. The zero-order valence-corrected chi connectivity index (χ0v) is 11.6. The van der Waals surface area contributed by atoms with Gasteiger partial charge in [0, 0.05) is 5.69 Å². The quantitative estimate of drug-likeness (QED) is 0.653. The van der Waals surface area contributed by atoms with Crippen LogP contribution in [0.4, 0.5) is 5.69 Å². The zero-order chi connectivity index (χ0) is 13.8. The van der Waals surface area contributed by atoms with Gasteiger partial charge in [0.2, 0.25) is 5.91 Å². The standard InChI is InChI=1S/C13H17NO3S/c1-13(2,3)17-12(16)9-4-6-10(7-5-9)14-11(15)8-18/h4-7,18H,8H2,1-3H3,(H,14,15). The molecule has 0 unspecified atom stereocenters. The Bertz CT molecular complexity index is 435. The van der Waals surface area contributed by atoms with Crippen LogP contribution in [0, 0.1) is 0 Å². The maximum absolute atomic E-state index is 11.7. The maximum atomic E-state index is 11.7. The molecule has 4 nitrogen and oxygen atoms in total. The number of carbonyl (C=O) groups excluding carboxylic acids is 2. The summed E-state index contributed by atoms with van der Waals surface area (Å²) in [4.78, 5) is 22.8. The number of carbonyl (C=O) groups is 2. The molecule has 0 saturated heterocycles. The fraction of sp³-hybridized carbons (Fsp3) is 0.385. The molecule has 0 aliphatic rings. The lowest BCUT2D eigenvalue weighted by atomic mass is 10.1. The SMILES string of the molecule is CC(C)(C)OC(=O)c1ccc(NC(=O)CS)cc1. The highest BCUT2D eigenvalue weighted by Gasteiger charge is 2.17. The molecule has 1 aromatic rings. The summed E-state index contributed by atoms with van der Waals surface area (Å²) in [7, 11) is 0. The molecule has 0 radical (unpaired) electrons. The molecular formula is C13H17NO3S. The summed E-state index contributed by atoms with van der Waals surface area (Å²) < 4.78 is 5.23. The van der Waals surface area contributed by atoms with Gasteiger partial charge in [-0.25, -0.2) is 4.79 Å². The van der Waals surface area contributed by atoms with E-state index in [1.54, 1.807) is 24.3 Å². The summed E-state index contributed by atoms with van der Waals surface area (Å²) >= 11 is 3.86. The van der Waals surface area contributed by atoms with Crippen LogP contribution in [-0.4, -0.2) is 23.2 Å². The third kappa shape index (κ3) is 4.79. The molecule has 0 heterocycles. The largest absolute Gasteiger partial charge is 0.456 e. The number of hydrogen-bond acceptors (Lipinski definition) is 4. The van der Waals surface area contributed by atoms with E-state index in [1.165, 1.54) is 0 Å². The number of esters is 1. The number of rotatable bonds is 3. The number of hydrogen-bond donors (Lipinski definition) is 2. The van der Waals surface area contributed by atoms with E-state index in [1.807, 2.05) is 20.8 Å². The van der Waals surface area contributed by atoms with Gasteiger partial charge in [-0.05, 0) is 45.0 Å². The molecule has 1 aromatic carbocycles. The van der Waals surface area contributed by atoms with Crippen molar-refractivity contribution in [1.82, 2.24) is 0 Å². The van der Waals surface area contributed by atoms with Crippen molar-refractivity contribution in [2.45, 2.75) is 26.4 Å². The topological polar surface area (TPSA) is 55.4 Å². The van der Waals surface area contributed by atoms with E-state index in [-0.39, 0.29) is 17.6 Å². The molecule has 0 aromatic heterocycles. The number of benzene rings is 1. The third-order valence-corrected chi connectivity index (χ3v) is 2.23. The first-order valence-corrected chi connectivity index (χ1v) is 6.19. The van der Waals surface area contributed by atoms with Crippen molar-refractivity contribution in [1.29, 1.82) is 0 Å². The van der Waals surface area contributed by atoms with E-state index in [0.717, 1.165) is 0 Å². The smallest absolute Gasteiger partial charge is 0.338 e. The number of nitrogens with one attached hydrogen (secondary N) is 1. The Hall–Kier alpha value is -1.49. The maximum Gasteiger partial charge on any atom is 0.338 e. The average molecular weight is 267 g/mol. The van der Waals surface area contributed by atoms with Crippen molar-refractivity contribution in [3.05, 3.63) is 29.8 Å². The molecule has 0 saturated carbocycles. The van der Waals surface area contributed by atoms with Gasteiger partial charge in [0.25, 0.3) is 0 Å². The highest BCUT2D eigenvalue weighted by Crippen LogP contribution is 2.14. The average Bonchev–Trinajstić information content (AvgIpc) is 2.27. The van der Waals surface area contributed by atoms with Crippen molar-refractivity contribution in [2.24, 2.45) is 0 Å². The Morgan fingerprint density at radius 1 is 1.22 bits per heavy atom. The molecule has 1 amide bonds. The second kappa shape index (κ2) is 5.91. The second-order valence-corrected chi connectivity index (χ2v) is 5.10. The molecule has 0 atom stereocenters. The Morgan fingerprint density at radius 3 is 2.22 bits per heavy atom. The highest BCUT2D eigenvalue weighted by molar-refractivity contribution is 7.81. The summed E-state index contributed by atoms with van der Waals surface area (Å²) in [5.74, 6) is -0.453. The van der Waals surface area contributed by atoms with Crippen LogP contribution in [0.2, 0.25) is 0 Å². The Morgan fingerprint density at radius 2 is 1.78 bits per heavy atom. The predicted molar refractivity (Wildman–Crippen MR) is 74.1 cm³/mol. The molecule has 5 heteroatoms. The first-order chi connectivity index (χ1) is 8.31. The molecule has 0 aliphatic carbocycles. The number of thiol groups is 1. The third-order valence-electron chi connectivity index (χ3n) is 1.95. The van der Waals surface area contributed by atoms with Gasteiger partial charge < -0.3 is 10.1 Å². The lowest BCUT2D eigenvalue weighted by molar-refractivity contribution is -0.113. The van der Waals surface area contributed by atoms with E-state index in [0.29, 0.717) is 11.3 Å². The van der Waals surface area contributed by atoms with Crippen LogP contribution in [0.25, 0.3) is 0 Å². The molecule has 98 valence electrons. The van der Waals surface area contributed by atoms with E-state index < -0.39 is 5.60 Å². The fourth-order valence-corrected chi connectivity index (χ4v) is 1.31. The first-order valence-electron chi connectivity index (χ1n) is 5.56. The van der Waals surface area contributed by atoms with Crippen LogP contribution < -0.4 is 5.32 Å². The summed E-state index contributed by atoms with van der Waals surface area (Å²) in [6, 6.07) is 6.53. The summed E-state index contributed by atoms with van der Waals surface area (Å²) in [5.41, 5.74) is 0.561. The molecule has 18 heavy (non-hydrogen) atoms. The molecule has 1 rings (SSSR count). The Kier molecular flexibility index (Phi) is 4.78. The molecule has 0 fully saturated rings. The van der Waals surface area contributed by atoms with Crippen molar-refractivity contribution in [2.75, 3.05) is 11.1 Å². The fourth-order valence-electron chi connectivity index (χ4n) is 1.23. The van der Waals surface area contributed by atoms with Crippen LogP contribution in [0.3, 0.4) is 0 Å². The monoisotopic (exact) mass is 267 g/mol. The highest BCUT2D eigenvalue weighted by atomic mass is 32.1. The van der Waals surface area contributed by atoms with Gasteiger partial charge in [-0.15, -0.1) is 0 Å². The second-order valence-electron chi connectivity index (χ2n) is 4.79. The van der Waals surface area contributed by atoms with E-state index in [9.17, 15) is 9.59 Å². The lowest BCUT2D eigenvalue weighted by Crippen LogP contribution is -2.23. The zero-order valence-electron chi connectivity index (χ0n) is 10.7. The van der Waals surface area contributed by atoms with Crippen molar-refractivity contribution in [3.63, 3.8) is 0 Å². The Balaban J connectivity index is 2.71. The van der Waals surface area contributed by atoms with Gasteiger partial charge in [-0.3, -0.25) is 4.79 Å². The van der Waals surface area contributed by atoms with Gasteiger partial charge in [0.1, 0.15) is 5.60 Å². The minimum Gasteiger partial charge on any atom is -0.456 e. The van der Waals surface area contributed by atoms with Crippen LogP contribution >= 0.6 is 12.6 Å². The molecular weight excluding hydrogens is 250 g/mol. The van der Waals surface area contributed by atoms with Gasteiger partial charge in [-0.2, -0.15) is 12.6 Å². The molecule has 0 spiro atoms. The van der Waals surface area contributed by atoms with Gasteiger partial charge in [-0.1, -0.05) is 0 Å². The number of ether oxygens (including phenoxy) is 1. The van der Waals surface area contributed by atoms with E-state index >= 15 is 0 Å². The van der Waals surface area contributed by atoms with Crippen LogP contribution in [0.15, 0.2) is 24.3 Å². The minimum absolute atomic E-state index is 0.119. The van der Waals surface area contributed by atoms with Crippen molar-refractivity contribution in [3.8, 4) is 0 Å². The van der Waals surface area contributed by atoms with E-state index in [2.05, 4.69) is 17.9 Å². The van der Waals surface area contributed by atoms with Crippen LogP contribution in [-0.2, 0) is 9.53 Å². The van der Waals surface area contributed by atoms with Crippen molar-refractivity contribution >= 4 is 30.2 Å². The van der Waals surface area contributed by atoms with Gasteiger partial charge in [0.05, 0.1) is 11.3 Å². The predicted octanol–water partition coefficient (Wildman–Crippen LogP) is 2.51. The van der Waals surface area contributed by atoms with Gasteiger partial charge in [0.15, 0.2) is 0 Å². The minimum atomic E-state index is -0.518.